The van der Waals surface area contributed by atoms with Crippen LogP contribution in [0.2, 0.25) is 0 Å². The second-order valence-electron chi connectivity index (χ2n) is 5.17. The first-order valence-electron chi connectivity index (χ1n) is 7.41. The molecule has 4 N–H and O–H groups in total. The number of nitrogens with two attached hydrogens (primary N) is 1. The van der Waals surface area contributed by atoms with E-state index in [1.54, 1.807) is 30.3 Å². The maximum absolute atomic E-state index is 13.9. The normalized spacial score (nSPS) is 11.3. The molecule has 0 aliphatic carbocycles. The van der Waals surface area contributed by atoms with E-state index in [1.165, 1.54) is 13.0 Å². The summed E-state index contributed by atoms with van der Waals surface area (Å²) in [5.41, 5.74) is 5.29. The fourth-order valence-electron chi connectivity index (χ4n) is 2.05. The minimum Gasteiger partial charge on any atom is -0.437 e. The van der Waals surface area contributed by atoms with Crippen LogP contribution in [0.25, 0.3) is 0 Å². The Morgan fingerprint density at radius 1 is 1.12 bits per heavy atom. The van der Waals surface area contributed by atoms with Crippen molar-refractivity contribution < 1.29 is 23.5 Å². The minimum absolute atomic E-state index is 0.0385. The highest BCUT2D eigenvalue weighted by Crippen LogP contribution is 2.29. The number of nitrogens with one attached hydrogen (secondary N) is 2. The summed E-state index contributed by atoms with van der Waals surface area (Å²) in [5, 5.41) is 5.03. The van der Waals surface area contributed by atoms with Crippen molar-refractivity contribution in [3.63, 3.8) is 0 Å². The lowest BCUT2D eigenvalue weighted by Crippen LogP contribution is -2.32. The minimum atomic E-state index is -1.19. The molecule has 0 bridgehead atoms. The van der Waals surface area contributed by atoms with E-state index in [0.29, 0.717) is 5.69 Å². The smallest absolute Gasteiger partial charge is 0.405 e. The van der Waals surface area contributed by atoms with Crippen LogP contribution < -0.4 is 16.4 Å². The number of halogens is 2. The van der Waals surface area contributed by atoms with Gasteiger partial charge in [0.15, 0.2) is 6.10 Å². The number of hydrogen-bond donors (Lipinski definition) is 3. The molecular weight excluding hydrogens is 409 g/mol. The van der Waals surface area contributed by atoms with Gasteiger partial charge >= 0.3 is 6.09 Å². The van der Waals surface area contributed by atoms with Crippen LogP contribution in [0.3, 0.4) is 0 Å². The molecule has 136 valence electrons. The Morgan fingerprint density at radius 2 is 1.77 bits per heavy atom. The number of benzene rings is 2. The highest BCUT2D eigenvalue weighted by Gasteiger charge is 2.23. The molecule has 1 unspecified atom stereocenters. The largest absolute Gasteiger partial charge is 0.437 e. The fraction of sp³-hybridized carbons (Fsp3) is 0.118. The molecule has 0 spiro atoms. The van der Waals surface area contributed by atoms with E-state index in [2.05, 4.69) is 31.3 Å². The van der Waals surface area contributed by atoms with Gasteiger partial charge in [0.1, 0.15) is 5.82 Å². The molecule has 7 nitrogen and oxygen atoms in total. The lowest BCUT2D eigenvalue weighted by Gasteiger charge is -2.16. The summed E-state index contributed by atoms with van der Waals surface area (Å²) in [5.74, 6) is -2.04. The standard InChI is InChI=1S/C17H15BrFN3O4/c1-9(26-17(20)25)15(23)22-12-8-7-11(19)14(18)13(12)16(24)21-10-5-3-2-4-6-10/h2-9H,1H3,(H2,20,25)(H,21,24)(H,22,23). The molecule has 0 aliphatic rings. The van der Waals surface area contributed by atoms with Gasteiger partial charge in [-0.15, -0.1) is 0 Å². The number of para-hydroxylation sites is 1. The Bertz CT molecular complexity index is 845. The molecule has 26 heavy (non-hydrogen) atoms. The van der Waals surface area contributed by atoms with E-state index in [4.69, 9.17) is 5.73 Å². The summed E-state index contributed by atoms with van der Waals surface area (Å²) in [6.45, 7) is 1.31. The first kappa shape index (κ1) is 19.4. The van der Waals surface area contributed by atoms with Gasteiger partial charge in [-0.3, -0.25) is 9.59 Å². The molecule has 0 heterocycles. The Kier molecular flexibility index (Phi) is 6.29. The predicted molar refractivity (Wildman–Crippen MR) is 97.3 cm³/mol. The van der Waals surface area contributed by atoms with Crippen molar-refractivity contribution in [2.24, 2.45) is 5.73 Å². The molecule has 3 amide bonds. The van der Waals surface area contributed by atoms with Crippen molar-refractivity contribution in [3.05, 3.63) is 58.3 Å². The van der Waals surface area contributed by atoms with Gasteiger partial charge in [0.05, 0.1) is 15.7 Å². The molecule has 2 aromatic carbocycles. The molecule has 9 heteroatoms. The van der Waals surface area contributed by atoms with Gasteiger partial charge in [0, 0.05) is 5.69 Å². The van der Waals surface area contributed by atoms with Gasteiger partial charge in [-0.05, 0) is 47.1 Å². The highest BCUT2D eigenvalue weighted by molar-refractivity contribution is 9.10. The second-order valence-corrected chi connectivity index (χ2v) is 5.97. The van der Waals surface area contributed by atoms with Gasteiger partial charge in [-0.2, -0.15) is 0 Å². The number of anilines is 2. The summed E-state index contributed by atoms with van der Waals surface area (Å²) in [6.07, 6.45) is -2.31. The van der Waals surface area contributed by atoms with Crippen molar-refractivity contribution >= 4 is 45.2 Å². The average Bonchev–Trinajstić information content (AvgIpc) is 2.58. The van der Waals surface area contributed by atoms with Crippen molar-refractivity contribution in [2.75, 3.05) is 10.6 Å². The van der Waals surface area contributed by atoms with Gasteiger partial charge in [-0.25, -0.2) is 9.18 Å². The Balaban J connectivity index is 2.30. The molecule has 2 rings (SSSR count). The second kappa shape index (κ2) is 8.43. The average molecular weight is 424 g/mol. The number of hydrogen-bond acceptors (Lipinski definition) is 4. The number of primary amides is 1. The molecule has 0 aromatic heterocycles. The first-order valence-corrected chi connectivity index (χ1v) is 8.20. The van der Waals surface area contributed by atoms with Crippen LogP contribution in [-0.4, -0.2) is 24.0 Å². The lowest BCUT2D eigenvalue weighted by molar-refractivity contribution is -0.123. The van der Waals surface area contributed by atoms with E-state index in [-0.39, 0.29) is 15.7 Å². The molecule has 0 fully saturated rings. The molecule has 0 saturated heterocycles. The van der Waals surface area contributed by atoms with E-state index in [9.17, 15) is 18.8 Å². The number of carbonyl (C=O) groups is 3. The van der Waals surface area contributed by atoms with Crippen molar-refractivity contribution in [3.8, 4) is 0 Å². The van der Waals surface area contributed by atoms with Crippen LogP contribution >= 0.6 is 15.9 Å². The van der Waals surface area contributed by atoms with E-state index in [0.717, 1.165) is 6.07 Å². The van der Waals surface area contributed by atoms with Gasteiger partial charge in [-0.1, -0.05) is 18.2 Å². The zero-order valence-electron chi connectivity index (χ0n) is 13.6. The van der Waals surface area contributed by atoms with Gasteiger partial charge in [0.2, 0.25) is 0 Å². The molecular formula is C17H15BrFN3O4. The van der Waals surface area contributed by atoms with E-state index in [1.807, 2.05) is 0 Å². The lowest BCUT2D eigenvalue weighted by atomic mass is 10.1. The molecule has 2 aromatic rings. The predicted octanol–water partition coefficient (Wildman–Crippen LogP) is 3.26. The van der Waals surface area contributed by atoms with Crippen molar-refractivity contribution in [1.29, 1.82) is 0 Å². The Morgan fingerprint density at radius 3 is 2.38 bits per heavy atom. The first-order chi connectivity index (χ1) is 12.3. The fourth-order valence-corrected chi connectivity index (χ4v) is 2.58. The summed E-state index contributed by atoms with van der Waals surface area (Å²) < 4.78 is 18.4. The monoisotopic (exact) mass is 423 g/mol. The summed E-state index contributed by atoms with van der Waals surface area (Å²) in [6, 6.07) is 10.9. The summed E-state index contributed by atoms with van der Waals surface area (Å²) >= 11 is 3.02. The molecule has 0 radical (unpaired) electrons. The zero-order valence-corrected chi connectivity index (χ0v) is 15.2. The quantitative estimate of drug-likeness (QED) is 0.684. The van der Waals surface area contributed by atoms with Gasteiger partial charge < -0.3 is 21.1 Å². The van der Waals surface area contributed by atoms with Crippen LogP contribution in [0.4, 0.5) is 20.6 Å². The van der Waals surface area contributed by atoms with Crippen LogP contribution in [0.1, 0.15) is 17.3 Å². The maximum atomic E-state index is 13.9. The topological polar surface area (TPSA) is 111 Å². The van der Waals surface area contributed by atoms with Gasteiger partial charge in [0.25, 0.3) is 11.8 Å². The molecule has 1 atom stereocenters. The van der Waals surface area contributed by atoms with Crippen molar-refractivity contribution in [2.45, 2.75) is 13.0 Å². The van der Waals surface area contributed by atoms with Crippen LogP contribution in [0, 0.1) is 5.82 Å². The SMILES string of the molecule is CC(OC(N)=O)C(=O)Nc1ccc(F)c(Br)c1C(=O)Nc1ccccc1. The summed E-state index contributed by atoms with van der Waals surface area (Å²) in [7, 11) is 0. The Labute approximate surface area is 156 Å². The number of amides is 3. The van der Waals surface area contributed by atoms with E-state index < -0.39 is 29.8 Å². The van der Waals surface area contributed by atoms with Crippen LogP contribution in [0.5, 0.6) is 0 Å². The van der Waals surface area contributed by atoms with Crippen molar-refractivity contribution in [1.82, 2.24) is 0 Å². The Hall–Kier alpha value is -2.94. The maximum Gasteiger partial charge on any atom is 0.405 e. The number of rotatable bonds is 5. The molecule has 0 saturated carbocycles. The highest BCUT2D eigenvalue weighted by atomic mass is 79.9. The number of ether oxygens (including phenoxy) is 1. The third kappa shape index (κ3) is 4.79. The van der Waals surface area contributed by atoms with Crippen LogP contribution in [0.15, 0.2) is 46.9 Å². The zero-order chi connectivity index (χ0) is 19.3. The van der Waals surface area contributed by atoms with E-state index >= 15 is 0 Å². The third-order valence-corrected chi connectivity index (χ3v) is 4.05. The summed E-state index contributed by atoms with van der Waals surface area (Å²) in [4.78, 5) is 35.4. The third-order valence-electron chi connectivity index (χ3n) is 3.27. The van der Waals surface area contributed by atoms with Crippen LogP contribution in [-0.2, 0) is 9.53 Å². The molecule has 0 aliphatic heterocycles. The number of carbonyl (C=O) groups excluding carboxylic acids is 3.